The number of fused-ring (bicyclic) bond motifs is 2. The molecule has 4 nitrogen and oxygen atoms in total. The van der Waals surface area contributed by atoms with Crippen LogP contribution in [0.15, 0.2) is 24.3 Å². The molecule has 0 radical (unpaired) electrons. The highest BCUT2D eigenvalue weighted by atomic mass is 19.1. The van der Waals surface area contributed by atoms with Crippen LogP contribution in [0.25, 0.3) is 5.69 Å². The van der Waals surface area contributed by atoms with Gasteiger partial charge < -0.3 is 5.32 Å². The Morgan fingerprint density at radius 1 is 1.10 bits per heavy atom. The summed E-state index contributed by atoms with van der Waals surface area (Å²) in [6.45, 7) is 9.25. The van der Waals surface area contributed by atoms with E-state index in [2.05, 4.69) is 33.0 Å². The highest BCUT2D eigenvalue weighted by Gasteiger charge is 2.76. The van der Waals surface area contributed by atoms with Crippen molar-refractivity contribution >= 4 is 5.91 Å². The highest BCUT2D eigenvalue weighted by molar-refractivity contribution is 5.94. The van der Waals surface area contributed by atoms with E-state index in [-0.39, 0.29) is 28.6 Å². The number of nitrogens with one attached hydrogen (secondary N) is 1. The molecule has 2 unspecified atom stereocenters. The smallest absolute Gasteiger partial charge is 0.272 e. The molecule has 2 saturated carbocycles. The Bertz CT molecular complexity index is 979. The Balaban J connectivity index is 1.48. The zero-order valence-corrected chi connectivity index (χ0v) is 17.8. The van der Waals surface area contributed by atoms with E-state index in [4.69, 9.17) is 5.10 Å². The number of carbonyl (C=O) groups is 1. The lowest BCUT2D eigenvalue weighted by molar-refractivity contribution is -0.282. The minimum absolute atomic E-state index is 0.0581. The van der Waals surface area contributed by atoms with Gasteiger partial charge in [0, 0.05) is 17.3 Å². The number of amides is 1. The third-order valence-corrected chi connectivity index (χ3v) is 8.93. The van der Waals surface area contributed by atoms with Crippen molar-refractivity contribution in [1.29, 1.82) is 0 Å². The number of hydrogen-bond acceptors (Lipinski definition) is 2. The maximum Gasteiger partial charge on any atom is 0.272 e. The van der Waals surface area contributed by atoms with E-state index in [0.29, 0.717) is 11.1 Å². The van der Waals surface area contributed by atoms with Crippen LogP contribution in [0.3, 0.4) is 0 Å². The fourth-order valence-electron chi connectivity index (χ4n) is 6.57. The van der Waals surface area contributed by atoms with Gasteiger partial charge in [-0.1, -0.05) is 27.7 Å². The summed E-state index contributed by atoms with van der Waals surface area (Å²) in [5.41, 5.74) is 4.08. The molecule has 2 fully saturated rings. The summed E-state index contributed by atoms with van der Waals surface area (Å²) >= 11 is 0. The standard InChI is InChI=1S/C24H30FN3O/c1-22(2)21(23(3)13-14-24(22,23)4)26-20(29)19-17-7-5-6-8-18(17)28(27-19)16-11-9-15(25)10-12-16/h9-12,21H,5-8,13-14H2,1-4H3,(H,26,29)/t21?,23-,24?/m1/s1. The first-order chi connectivity index (χ1) is 13.7. The number of hydrogen-bond donors (Lipinski definition) is 1. The first-order valence-electron chi connectivity index (χ1n) is 10.9. The SMILES string of the molecule is CC1(C)C(NC(=O)c2nn(-c3ccc(F)cc3)c3c2CCCC3)[C@@]2(C)CCC12C. The Labute approximate surface area is 171 Å². The highest BCUT2D eigenvalue weighted by Crippen LogP contribution is 2.78. The minimum atomic E-state index is -0.267. The molecule has 0 bridgehead atoms. The van der Waals surface area contributed by atoms with Gasteiger partial charge in [0.25, 0.3) is 5.91 Å². The molecule has 1 N–H and O–H groups in total. The van der Waals surface area contributed by atoms with Gasteiger partial charge in [0.2, 0.25) is 0 Å². The molecule has 0 spiro atoms. The summed E-state index contributed by atoms with van der Waals surface area (Å²) in [7, 11) is 0. The molecule has 2 aromatic rings. The summed E-state index contributed by atoms with van der Waals surface area (Å²) in [4.78, 5) is 13.4. The topological polar surface area (TPSA) is 46.9 Å². The normalized spacial score (nSPS) is 31.8. The summed E-state index contributed by atoms with van der Waals surface area (Å²) in [6, 6.07) is 6.52. The van der Waals surface area contributed by atoms with Crippen molar-refractivity contribution in [3.05, 3.63) is 47.0 Å². The van der Waals surface area contributed by atoms with Crippen molar-refractivity contribution in [1.82, 2.24) is 15.1 Å². The van der Waals surface area contributed by atoms with Crippen molar-refractivity contribution in [2.75, 3.05) is 0 Å². The maximum absolute atomic E-state index is 13.4. The third kappa shape index (κ3) is 2.30. The molecular formula is C24H30FN3O. The van der Waals surface area contributed by atoms with E-state index in [1.807, 2.05) is 4.68 Å². The van der Waals surface area contributed by atoms with Gasteiger partial charge in [-0.25, -0.2) is 9.07 Å². The first-order valence-corrected chi connectivity index (χ1v) is 10.9. The third-order valence-electron chi connectivity index (χ3n) is 8.93. The number of nitrogens with zero attached hydrogens (tertiary/aromatic N) is 2. The largest absolute Gasteiger partial charge is 0.347 e. The first kappa shape index (κ1) is 18.8. The van der Waals surface area contributed by atoms with Crippen molar-refractivity contribution in [3.8, 4) is 5.69 Å². The fraction of sp³-hybridized carbons (Fsp3) is 0.583. The molecule has 3 aliphatic rings. The molecule has 1 aromatic heterocycles. The number of aromatic nitrogens is 2. The molecule has 0 aliphatic heterocycles. The van der Waals surface area contributed by atoms with E-state index in [1.54, 1.807) is 12.1 Å². The zero-order valence-electron chi connectivity index (χ0n) is 17.8. The second-order valence-corrected chi connectivity index (χ2v) is 10.2. The predicted molar refractivity (Wildman–Crippen MR) is 111 cm³/mol. The average Bonchev–Trinajstić information content (AvgIpc) is 3.10. The van der Waals surface area contributed by atoms with Crippen LogP contribution in [0.1, 0.15) is 75.1 Å². The molecule has 1 aromatic carbocycles. The van der Waals surface area contributed by atoms with Gasteiger partial charge in [0.05, 0.1) is 5.69 Å². The Hall–Kier alpha value is -2.17. The molecule has 154 valence electrons. The average molecular weight is 396 g/mol. The molecular weight excluding hydrogens is 365 g/mol. The van der Waals surface area contributed by atoms with Gasteiger partial charge in [-0.15, -0.1) is 0 Å². The van der Waals surface area contributed by atoms with Crippen LogP contribution >= 0.6 is 0 Å². The van der Waals surface area contributed by atoms with E-state index in [9.17, 15) is 9.18 Å². The Kier molecular flexibility index (Phi) is 3.85. The van der Waals surface area contributed by atoms with E-state index in [1.165, 1.54) is 25.0 Å². The number of carbonyl (C=O) groups excluding carboxylic acids is 1. The van der Waals surface area contributed by atoms with Gasteiger partial charge in [-0.2, -0.15) is 5.10 Å². The fourth-order valence-corrected chi connectivity index (χ4v) is 6.57. The summed E-state index contributed by atoms with van der Waals surface area (Å²) in [5.74, 6) is -0.325. The molecule has 1 heterocycles. The van der Waals surface area contributed by atoms with Crippen molar-refractivity contribution in [3.63, 3.8) is 0 Å². The molecule has 1 amide bonds. The van der Waals surface area contributed by atoms with Gasteiger partial charge in [-0.05, 0) is 79.0 Å². The maximum atomic E-state index is 13.4. The van der Waals surface area contributed by atoms with Gasteiger partial charge >= 0.3 is 0 Å². The Morgan fingerprint density at radius 3 is 2.41 bits per heavy atom. The zero-order chi connectivity index (χ0) is 20.6. The van der Waals surface area contributed by atoms with E-state index in [0.717, 1.165) is 42.6 Å². The second kappa shape index (κ2) is 5.93. The van der Waals surface area contributed by atoms with E-state index >= 15 is 0 Å². The number of rotatable bonds is 3. The Morgan fingerprint density at radius 2 is 1.79 bits per heavy atom. The number of halogens is 1. The molecule has 3 atom stereocenters. The molecule has 29 heavy (non-hydrogen) atoms. The quantitative estimate of drug-likeness (QED) is 0.809. The lowest BCUT2D eigenvalue weighted by Crippen LogP contribution is -2.81. The summed E-state index contributed by atoms with van der Waals surface area (Å²) in [5, 5.41) is 8.10. The van der Waals surface area contributed by atoms with Crippen LogP contribution in [0.4, 0.5) is 4.39 Å². The monoisotopic (exact) mass is 395 g/mol. The minimum Gasteiger partial charge on any atom is -0.347 e. The van der Waals surface area contributed by atoms with Crippen molar-refractivity contribution < 1.29 is 9.18 Å². The lowest BCUT2D eigenvalue weighted by Gasteiger charge is -2.79. The van der Waals surface area contributed by atoms with Crippen molar-refractivity contribution in [2.45, 2.75) is 72.3 Å². The van der Waals surface area contributed by atoms with Crippen LogP contribution in [0, 0.1) is 22.1 Å². The van der Waals surface area contributed by atoms with Crippen LogP contribution in [-0.4, -0.2) is 21.7 Å². The van der Waals surface area contributed by atoms with E-state index < -0.39 is 0 Å². The molecule has 3 aliphatic carbocycles. The van der Waals surface area contributed by atoms with Gasteiger partial charge in [-0.3, -0.25) is 4.79 Å². The lowest BCUT2D eigenvalue weighted by atomic mass is 9.27. The predicted octanol–water partition coefficient (Wildman–Crippen LogP) is 4.83. The summed E-state index contributed by atoms with van der Waals surface area (Å²) in [6.07, 6.45) is 6.34. The summed E-state index contributed by atoms with van der Waals surface area (Å²) < 4.78 is 15.2. The number of benzene rings is 1. The molecule has 5 heteroatoms. The van der Waals surface area contributed by atoms with Crippen LogP contribution < -0.4 is 5.32 Å². The van der Waals surface area contributed by atoms with Gasteiger partial charge in [0.1, 0.15) is 5.82 Å². The molecule has 0 saturated heterocycles. The van der Waals surface area contributed by atoms with Crippen molar-refractivity contribution in [2.24, 2.45) is 16.2 Å². The van der Waals surface area contributed by atoms with Crippen LogP contribution in [0.5, 0.6) is 0 Å². The molecule has 5 rings (SSSR count). The second-order valence-electron chi connectivity index (χ2n) is 10.2. The van der Waals surface area contributed by atoms with Gasteiger partial charge in [0.15, 0.2) is 5.69 Å². The van der Waals surface area contributed by atoms with Crippen LogP contribution in [-0.2, 0) is 12.8 Å². The van der Waals surface area contributed by atoms with Crippen LogP contribution in [0.2, 0.25) is 0 Å².